The summed E-state index contributed by atoms with van der Waals surface area (Å²) in [6.07, 6.45) is 27.8. The molecule has 0 saturated heterocycles. The second-order valence-electron chi connectivity index (χ2n) is 15.7. The van der Waals surface area contributed by atoms with Gasteiger partial charge < -0.3 is 20.7 Å². The molecule has 4 rings (SSSR count). The Kier molecular flexibility index (Phi) is 19.7. The molecule has 4 N–H and O–H groups in total. The van der Waals surface area contributed by atoms with Gasteiger partial charge in [-0.1, -0.05) is 128 Å². The van der Waals surface area contributed by atoms with Gasteiger partial charge in [0.15, 0.2) is 12.0 Å². The SMILES string of the molecule is Cc1c(I)cc(Oc2c(I)cc(CC(C3(N)CCCCCCCCCCCC3)C3(C(O)O)CCCCCCCCCCCC3)cc2I)cc1I. The van der Waals surface area contributed by atoms with Crippen LogP contribution in [0.15, 0.2) is 24.3 Å². The number of ether oxygens (including phenoxy) is 1. The summed E-state index contributed by atoms with van der Waals surface area (Å²) in [5, 5.41) is 23.4. The second-order valence-corrected chi connectivity index (χ2v) is 20.3. The van der Waals surface area contributed by atoms with Gasteiger partial charge in [-0.3, -0.25) is 0 Å². The Labute approximate surface area is 359 Å². The third-order valence-corrected chi connectivity index (χ3v) is 15.8. The molecule has 2 fully saturated rings. The summed E-state index contributed by atoms with van der Waals surface area (Å²) < 4.78 is 11.2. The first kappa shape index (κ1) is 43.8. The molecule has 8 heteroatoms. The van der Waals surface area contributed by atoms with Gasteiger partial charge in [0, 0.05) is 18.1 Å². The van der Waals surface area contributed by atoms with E-state index in [1.807, 2.05) is 0 Å². The lowest BCUT2D eigenvalue weighted by Crippen LogP contribution is -2.58. The fraction of sp³-hybridized carbons (Fsp3) is 0.714. The van der Waals surface area contributed by atoms with E-state index in [0.717, 1.165) is 89.3 Å². The van der Waals surface area contributed by atoms with Gasteiger partial charge in [0.1, 0.15) is 5.75 Å². The number of halogens is 4. The molecule has 0 aliphatic heterocycles. The zero-order valence-electron chi connectivity index (χ0n) is 30.5. The largest absolute Gasteiger partial charge is 0.455 e. The number of aliphatic hydroxyl groups excluding tert-OH is 1. The maximum Gasteiger partial charge on any atom is 0.157 e. The molecular weight excluding hydrogens is 1070 g/mol. The van der Waals surface area contributed by atoms with Crippen LogP contribution < -0.4 is 10.5 Å². The normalized spacial score (nSPS) is 21.4. The van der Waals surface area contributed by atoms with Crippen molar-refractivity contribution < 1.29 is 14.9 Å². The van der Waals surface area contributed by atoms with E-state index in [2.05, 4.69) is 122 Å². The van der Waals surface area contributed by atoms with E-state index in [-0.39, 0.29) is 5.92 Å². The summed E-state index contributed by atoms with van der Waals surface area (Å²) in [6, 6.07) is 8.82. The van der Waals surface area contributed by atoms with E-state index in [9.17, 15) is 10.2 Å². The van der Waals surface area contributed by atoms with E-state index in [0.29, 0.717) is 0 Å². The van der Waals surface area contributed by atoms with Gasteiger partial charge in [-0.25, -0.2) is 0 Å². The number of nitrogens with two attached hydrogens (primary N) is 1. The Hall–Kier alpha value is 1.04. The first-order chi connectivity index (χ1) is 24.1. The molecule has 0 amide bonds. The van der Waals surface area contributed by atoms with Crippen LogP contribution in [0.2, 0.25) is 0 Å². The third kappa shape index (κ3) is 13.1. The van der Waals surface area contributed by atoms with Crippen molar-refractivity contribution in [3.63, 3.8) is 0 Å². The first-order valence-corrected chi connectivity index (χ1v) is 24.1. The Morgan fingerprint density at radius 2 is 0.940 bits per heavy atom. The average molecular weight is 1140 g/mol. The van der Waals surface area contributed by atoms with Crippen LogP contribution in [0.1, 0.15) is 165 Å². The summed E-state index contributed by atoms with van der Waals surface area (Å²) in [5.74, 6) is 1.73. The van der Waals surface area contributed by atoms with Crippen molar-refractivity contribution in [3.05, 3.63) is 49.7 Å². The van der Waals surface area contributed by atoms with Crippen LogP contribution in [-0.4, -0.2) is 22.0 Å². The van der Waals surface area contributed by atoms with Crippen LogP contribution >= 0.6 is 90.4 Å². The van der Waals surface area contributed by atoms with E-state index in [1.165, 1.54) is 108 Å². The minimum Gasteiger partial charge on any atom is -0.455 e. The van der Waals surface area contributed by atoms with Gasteiger partial charge in [-0.2, -0.15) is 0 Å². The summed E-state index contributed by atoms with van der Waals surface area (Å²) in [7, 11) is 0. The molecule has 2 aliphatic carbocycles. The molecule has 2 aliphatic rings. The van der Waals surface area contributed by atoms with Crippen molar-refractivity contribution in [3.8, 4) is 11.5 Å². The van der Waals surface area contributed by atoms with Crippen LogP contribution in [0.3, 0.4) is 0 Å². The third-order valence-electron chi connectivity index (χ3n) is 11.9. The predicted molar refractivity (Wildman–Crippen MR) is 244 cm³/mol. The highest BCUT2D eigenvalue weighted by Crippen LogP contribution is 2.51. The zero-order valence-corrected chi connectivity index (χ0v) is 39.2. The van der Waals surface area contributed by atoms with E-state index in [1.54, 1.807) is 0 Å². The number of rotatable bonds is 7. The molecule has 4 nitrogen and oxygen atoms in total. The van der Waals surface area contributed by atoms with E-state index >= 15 is 0 Å². The smallest absolute Gasteiger partial charge is 0.157 e. The Bertz CT molecular complexity index is 1240. The lowest BCUT2D eigenvalue weighted by molar-refractivity contribution is -0.180. The maximum atomic E-state index is 11.7. The van der Waals surface area contributed by atoms with Crippen LogP contribution in [0.25, 0.3) is 0 Å². The van der Waals surface area contributed by atoms with Crippen LogP contribution in [-0.2, 0) is 6.42 Å². The maximum absolute atomic E-state index is 11.7. The van der Waals surface area contributed by atoms with E-state index < -0.39 is 17.2 Å². The molecule has 0 aromatic heterocycles. The van der Waals surface area contributed by atoms with Crippen molar-refractivity contribution >= 4 is 90.4 Å². The quantitative estimate of drug-likeness (QED) is 0.191. The van der Waals surface area contributed by atoms with Crippen molar-refractivity contribution in [1.82, 2.24) is 0 Å². The lowest BCUT2D eigenvalue weighted by Gasteiger charge is -2.51. The molecule has 2 aromatic carbocycles. The summed E-state index contributed by atoms with van der Waals surface area (Å²) in [5.41, 5.74) is 9.30. The zero-order chi connectivity index (χ0) is 36.0. The fourth-order valence-electron chi connectivity index (χ4n) is 8.87. The monoisotopic (exact) mass is 1140 g/mol. The molecule has 0 heterocycles. The lowest BCUT2D eigenvalue weighted by atomic mass is 9.57. The van der Waals surface area contributed by atoms with Gasteiger partial charge >= 0.3 is 0 Å². The highest BCUT2D eigenvalue weighted by Gasteiger charge is 2.51. The number of benzene rings is 2. The highest BCUT2D eigenvalue weighted by molar-refractivity contribution is 14.1. The summed E-state index contributed by atoms with van der Waals surface area (Å²) in [4.78, 5) is 0. The highest BCUT2D eigenvalue weighted by atomic mass is 127. The molecule has 2 saturated carbocycles. The molecular formula is C42H63I4NO3. The van der Waals surface area contributed by atoms with Crippen LogP contribution in [0, 0.1) is 32.5 Å². The molecule has 2 aromatic rings. The predicted octanol–water partition coefficient (Wildman–Crippen LogP) is 13.7. The summed E-state index contributed by atoms with van der Waals surface area (Å²) >= 11 is 9.67. The van der Waals surface area contributed by atoms with Crippen molar-refractivity contribution in [2.24, 2.45) is 17.1 Å². The van der Waals surface area contributed by atoms with Crippen molar-refractivity contribution in [2.45, 2.75) is 179 Å². The fourth-order valence-corrected chi connectivity index (χ4v) is 12.7. The van der Waals surface area contributed by atoms with Crippen molar-refractivity contribution in [1.29, 1.82) is 0 Å². The van der Waals surface area contributed by atoms with Gasteiger partial charge in [0.25, 0.3) is 0 Å². The molecule has 50 heavy (non-hydrogen) atoms. The number of hydrogen-bond acceptors (Lipinski definition) is 4. The molecule has 0 radical (unpaired) electrons. The minimum absolute atomic E-state index is 0.0242. The Balaban J connectivity index is 1.74. The topological polar surface area (TPSA) is 75.7 Å². The standard InChI is InChI=1S/C42H63I4NO3/c1-31-34(43)29-33(30-35(31)44)50-39-36(45)26-32(27-37(39)46)28-38(42(47)24-20-16-12-8-4-5-9-13-17-21-25-42)41(40(48)49)22-18-14-10-6-2-3-7-11-15-19-23-41/h26-27,29-30,38,40,48-49H,2-25,28,47H2,1H3. The Morgan fingerprint density at radius 3 is 1.32 bits per heavy atom. The molecule has 0 spiro atoms. The molecule has 0 bridgehead atoms. The molecule has 1 atom stereocenters. The summed E-state index contributed by atoms with van der Waals surface area (Å²) in [6.45, 7) is 2.15. The molecule has 1 unspecified atom stereocenters. The first-order valence-electron chi connectivity index (χ1n) is 19.8. The number of hydrogen-bond donors (Lipinski definition) is 3. The second kappa shape index (κ2) is 22.6. The molecule has 282 valence electrons. The van der Waals surface area contributed by atoms with Gasteiger partial charge in [-0.15, -0.1) is 0 Å². The average Bonchev–Trinajstić information content (AvgIpc) is 3.11. The van der Waals surface area contributed by atoms with Crippen LogP contribution in [0.5, 0.6) is 11.5 Å². The van der Waals surface area contributed by atoms with Crippen LogP contribution in [0.4, 0.5) is 0 Å². The Morgan fingerprint density at radius 1 is 0.580 bits per heavy atom. The number of aliphatic hydroxyl groups is 2. The van der Waals surface area contributed by atoms with Gasteiger partial charge in [0.05, 0.1) is 7.14 Å². The minimum atomic E-state index is -1.38. The van der Waals surface area contributed by atoms with Gasteiger partial charge in [-0.05, 0) is 171 Å². The van der Waals surface area contributed by atoms with E-state index in [4.69, 9.17) is 10.5 Å². The van der Waals surface area contributed by atoms with Gasteiger partial charge in [0.2, 0.25) is 0 Å². The van der Waals surface area contributed by atoms with Crippen molar-refractivity contribution in [2.75, 3.05) is 0 Å².